The SMILES string of the molecule is CCn1c(CCCc2ccc(OC(C)(C)C(=O)O)cc2)nn(Cc2c(C)noc2C)c1=O. The van der Waals surface area contributed by atoms with Gasteiger partial charge in [-0.15, -0.1) is 0 Å². The van der Waals surface area contributed by atoms with Gasteiger partial charge in [0.1, 0.15) is 17.3 Å². The summed E-state index contributed by atoms with van der Waals surface area (Å²) in [5.41, 5.74) is 1.33. The smallest absolute Gasteiger partial charge is 0.347 e. The van der Waals surface area contributed by atoms with Gasteiger partial charge in [-0.25, -0.2) is 14.3 Å². The van der Waals surface area contributed by atoms with Crippen molar-refractivity contribution in [3.05, 3.63) is 63.2 Å². The molecule has 3 rings (SSSR count). The summed E-state index contributed by atoms with van der Waals surface area (Å²) in [5.74, 6) is 0.949. The van der Waals surface area contributed by atoms with Gasteiger partial charge in [0, 0.05) is 18.5 Å². The number of hydrogen-bond acceptors (Lipinski definition) is 6. The lowest BCUT2D eigenvalue weighted by atomic mass is 10.1. The third-order valence-electron chi connectivity index (χ3n) is 5.48. The number of ether oxygens (including phenoxy) is 1. The van der Waals surface area contributed by atoms with Gasteiger partial charge < -0.3 is 14.4 Å². The van der Waals surface area contributed by atoms with Gasteiger partial charge in [0.15, 0.2) is 5.60 Å². The fourth-order valence-corrected chi connectivity index (χ4v) is 3.48. The Kier molecular flexibility index (Phi) is 6.86. The van der Waals surface area contributed by atoms with Crippen LogP contribution in [0.3, 0.4) is 0 Å². The average Bonchev–Trinajstić information content (AvgIpc) is 3.22. The molecule has 0 aliphatic heterocycles. The Morgan fingerprint density at radius 3 is 2.44 bits per heavy atom. The molecule has 0 fully saturated rings. The number of nitrogens with zero attached hydrogens (tertiary/aromatic N) is 4. The summed E-state index contributed by atoms with van der Waals surface area (Å²) in [6.45, 7) is 9.55. The molecule has 9 nitrogen and oxygen atoms in total. The van der Waals surface area contributed by atoms with Crippen LogP contribution < -0.4 is 10.4 Å². The minimum Gasteiger partial charge on any atom is -0.478 e. The highest BCUT2D eigenvalue weighted by molar-refractivity contribution is 5.76. The van der Waals surface area contributed by atoms with Crippen molar-refractivity contribution >= 4 is 5.97 Å². The lowest BCUT2D eigenvalue weighted by Gasteiger charge is -2.21. The highest BCUT2D eigenvalue weighted by Gasteiger charge is 2.29. The summed E-state index contributed by atoms with van der Waals surface area (Å²) < 4.78 is 13.9. The van der Waals surface area contributed by atoms with Crippen molar-refractivity contribution in [1.29, 1.82) is 0 Å². The molecule has 0 atom stereocenters. The van der Waals surface area contributed by atoms with Gasteiger partial charge >= 0.3 is 11.7 Å². The normalized spacial score (nSPS) is 11.7. The Morgan fingerprint density at radius 2 is 1.88 bits per heavy atom. The number of carbonyl (C=O) groups is 1. The lowest BCUT2D eigenvalue weighted by Crippen LogP contribution is -2.37. The van der Waals surface area contributed by atoms with Crippen LogP contribution in [0.25, 0.3) is 0 Å². The molecule has 0 aliphatic carbocycles. The molecule has 0 radical (unpaired) electrons. The second-order valence-corrected chi connectivity index (χ2v) is 8.32. The molecular weight excluding hydrogens is 412 g/mol. The number of carboxylic acids is 1. The Hall–Kier alpha value is -3.36. The molecule has 2 heterocycles. The summed E-state index contributed by atoms with van der Waals surface area (Å²) in [6.07, 6.45) is 2.29. The predicted molar refractivity (Wildman–Crippen MR) is 118 cm³/mol. The molecule has 32 heavy (non-hydrogen) atoms. The summed E-state index contributed by atoms with van der Waals surface area (Å²) in [4.78, 5) is 24.0. The van der Waals surface area contributed by atoms with E-state index in [0.29, 0.717) is 31.0 Å². The van der Waals surface area contributed by atoms with Gasteiger partial charge in [-0.05, 0) is 65.2 Å². The van der Waals surface area contributed by atoms with Crippen molar-refractivity contribution < 1.29 is 19.2 Å². The fourth-order valence-electron chi connectivity index (χ4n) is 3.48. The number of aryl methyl sites for hydroxylation is 4. The van der Waals surface area contributed by atoms with E-state index in [2.05, 4.69) is 10.3 Å². The first kappa shape index (κ1) is 23.3. The summed E-state index contributed by atoms with van der Waals surface area (Å²) in [7, 11) is 0. The van der Waals surface area contributed by atoms with Crippen molar-refractivity contribution in [3.63, 3.8) is 0 Å². The molecule has 2 aromatic heterocycles. The predicted octanol–water partition coefficient (Wildman–Crippen LogP) is 3.14. The zero-order chi connectivity index (χ0) is 23.5. The number of aromatic nitrogens is 4. The molecule has 1 aromatic carbocycles. The number of hydrogen-bond donors (Lipinski definition) is 1. The van der Waals surface area contributed by atoms with E-state index in [0.717, 1.165) is 35.5 Å². The van der Waals surface area contributed by atoms with E-state index >= 15 is 0 Å². The molecule has 9 heteroatoms. The minimum absolute atomic E-state index is 0.134. The molecule has 0 saturated heterocycles. The van der Waals surface area contributed by atoms with E-state index in [1.165, 1.54) is 18.5 Å². The average molecular weight is 443 g/mol. The monoisotopic (exact) mass is 442 g/mol. The quantitative estimate of drug-likeness (QED) is 0.513. The summed E-state index contributed by atoms with van der Waals surface area (Å²) in [5, 5.41) is 17.7. The Labute approximate surface area is 186 Å². The number of benzene rings is 1. The Balaban J connectivity index is 1.63. The van der Waals surface area contributed by atoms with Gasteiger partial charge in [-0.3, -0.25) is 4.57 Å². The Bertz CT molecular complexity index is 1120. The van der Waals surface area contributed by atoms with Crippen molar-refractivity contribution in [1.82, 2.24) is 19.5 Å². The first-order valence-corrected chi connectivity index (χ1v) is 10.7. The first-order chi connectivity index (χ1) is 15.1. The van der Waals surface area contributed by atoms with E-state index in [4.69, 9.17) is 9.26 Å². The Morgan fingerprint density at radius 1 is 1.19 bits per heavy atom. The van der Waals surface area contributed by atoms with E-state index < -0.39 is 11.6 Å². The molecule has 172 valence electrons. The van der Waals surface area contributed by atoms with Crippen molar-refractivity contribution in [3.8, 4) is 5.75 Å². The summed E-state index contributed by atoms with van der Waals surface area (Å²) >= 11 is 0. The molecule has 0 saturated carbocycles. The third-order valence-corrected chi connectivity index (χ3v) is 5.48. The van der Waals surface area contributed by atoms with Crippen LogP contribution in [0.5, 0.6) is 5.75 Å². The maximum atomic E-state index is 12.8. The van der Waals surface area contributed by atoms with Crippen molar-refractivity contribution in [2.45, 2.75) is 72.6 Å². The molecule has 0 spiro atoms. The van der Waals surface area contributed by atoms with Crippen molar-refractivity contribution in [2.24, 2.45) is 0 Å². The molecule has 0 unspecified atom stereocenters. The van der Waals surface area contributed by atoms with Crippen LogP contribution in [0, 0.1) is 13.8 Å². The summed E-state index contributed by atoms with van der Waals surface area (Å²) in [6, 6.07) is 7.41. The van der Waals surface area contributed by atoms with Crippen molar-refractivity contribution in [2.75, 3.05) is 0 Å². The molecule has 0 aliphatic rings. The fraction of sp³-hybridized carbons (Fsp3) is 0.478. The molecule has 3 aromatic rings. The molecule has 0 amide bonds. The van der Waals surface area contributed by atoms with Crippen LogP contribution in [0.4, 0.5) is 0 Å². The second-order valence-electron chi connectivity index (χ2n) is 8.32. The lowest BCUT2D eigenvalue weighted by molar-refractivity contribution is -0.152. The van der Waals surface area contributed by atoms with Gasteiger partial charge in [0.2, 0.25) is 0 Å². The minimum atomic E-state index is -1.28. The molecular formula is C23H30N4O5. The van der Waals surface area contributed by atoms with E-state index in [1.54, 1.807) is 16.7 Å². The van der Waals surface area contributed by atoms with E-state index in [1.807, 2.05) is 32.9 Å². The molecule has 1 N–H and O–H groups in total. The number of carboxylic acid groups (broad SMARTS) is 1. The van der Waals surface area contributed by atoms with Crippen LogP contribution in [0.1, 0.15) is 55.6 Å². The van der Waals surface area contributed by atoms with Gasteiger partial charge in [-0.2, -0.15) is 5.10 Å². The topological polar surface area (TPSA) is 112 Å². The number of rotatable bonds is 10. The van der Waals surface area contributed by atoms with Crippen LogP contribution >= 0.6 is 0 Å². The second kappa shape index (κ2) is 9.42. The highest BCUT2D eigenvalue weighted by atomic mass is 16.5. The maximum Gasteiger partial charge on any atom is 0.347 e. The third kappa shape index (κ3) is 5.09. The van der Waals surface area contributed by atoms with Gasteiger partial charge in [0.05, 0.1) is 12.2 Å². The molecule has 0 bridgehead atoms. The van der Waals surface area contributed by atoms with E-state index in [9.17, 15) is 14.7 Å². The maximum absolute atomic E-state index is 12.8. The standard InChI is InChI=1S/C23H30N4O5/c1-6-26-20(24-27(22(26)30)14-19-15(2)25-32-16(19)3)9-7-8-17-10-12-18(13-11-17)31-23(4,5)21(28)29/h10-13H,6-9,14H2,1-5H3,(H,28,29). The number of aliphatic carboxylic acids is 1. The van der Waals surface area contributed by atoms with Crippen LogP contribution in [-0.2, 0) is 30.7 Å². The van der Waals surface area contributed by atoms with Crippen LogP contribution in [0.2, 0.25) is 0 Å². The van der Waals surface area contributed by atoms with Crippen LogP contribution in [0.15, 0.2) is 33.6 Å². The zero-order valence-electron chi connectivity index (χ0n) is 19.2. The van der Waals surface area contributed by atoms with E-state index in [-0.39, 0.29) is 5.69 Å². The van der Waals surface area contributed by atoms with Gasteiger partial charge in [0.25, 0.3) is 0 Å². The zero-order valence-corrected chi connectivity index (χ0v) is 19.2. The van der Waals surface area contributed by atoms with Gasteiger partial charge in [-0.1, -0.05) is 17.3 Å². The largest absolute Gasteiger partial charge is 0.478 e. The highest BCUT2D eigenvalue weighted by Crippen LogP contribution is 2.20. The van der Waals surface area contributed by atoms with Crippen LogP contribution in [-0.4, -0.2) is 36.2 Å². The first-order valence-electron chi connectivity index (χ1n) is 10.7.